The quantitative estimate of drug-likeness (QED) is 0.694. The number of nitrogens with zero attached hydrogens (tertiary/aromatic N) is 1. The SMILES string of the molecule is NCC1CN(C2CCS(=O)(=O)CC2)CCO1. The standard InChI is InChI=1S/C10H20N2O3S/c11-7-10-8-12(3-4-15-10)9-1-5-16(13,14)6-2-9/h9-10H,1-8,11H2. The van der Waals surface area contributed by atoms with Crippen molar-refractivity contribution in [2.75, 3.05) is 37.7 Å². The Morgan fingerprint density at radius 2 is 2.00 bits per heavy atom. The second-order valence-electron chi connectivity index (χ2n) is 4.61. The molecule has 2 heterocycles. The van der Waals surface area contributed by atoms with Crippen molar-refractivity contribution in [3.63, 3.8) is 0 Å². The van der Waals surface area contributed by atoms with Crippen molar-refractivity contribution in [3.05, 3.63) is 0 Å². The first-order valence-corrected chi connectivity index (χ1v) is 7.69. The van der Waals surface area contributed by atoms with E-state index in [2.05, 4.69) is 4.90 Å². The summed E-state index contributed by atoms with van der Waals surface area (Å²) in [4.78, 5) is 2.34. The molecule has 0 aromatic heterocycles. The molecule has 2 fully saturated rings. The maximum absolute atomic E-state index is 11.3. The molecule has 0 spiro atoms. The summed E-state index contributed by atoms with van der Waals surface area (Å²) in [7, 11) is -2.76. The van der Waals surface area contributed by atoms with E-state index in [9.17, 15) is 8.42 Å². The van der Waals surface area contributed by atoms with Crippen LogP contribution < -0.4 is 5.73 Å². The average molecular weight is 248 g/mol. The summed E-state index contributed by atoms with van der Waals surface area (Å²) in [5, 5.41) is 0. The van der Waals surface area contributed by atoms with E-state index in [1.54, 1.807) is 0 Å². The highest BCUT2D eigenvalue weighted by Gasteiger charge is 2.30. The maximum atomic E-state index is 11.3. The molecule has 0 saturated carbocycles. The van der Waals surface area contributed by atoms with E-state index in [0.717, 1.165) is 25.9 Å². The number of hydrogen-bond acceptors (Lipinski definition) is 5. The van der Waals surface area contributed by atoms with Crippen molar-refractivity contribution < 1.29 is 13.2 Å². The molecule has 0 aromatic carbocycles. The number of morpholine rings is 1. The topological polar surface area (TPSA) is 72.6 Å². The van der Waals surface area contributed by atoms with Crippen LogP contribution in [0, 0.1) is 0 Å². The fourth-order valence-electron chi connectivity index (χ4n) is 2.46. The third-order valence-electron chi connectivity index (χ3n) is 3.47. The van der Waals surface area contributed by atoms with Crippen LogP contribution in [0.25, 0.3) is 0 Å². The van der Waals surface area contributed by atoms with Gasteiger partial charge in [0.2, 0.25) is 0 Å². The zero-order valence-corrected chi connectivity index (χ0v) is 10.3. The Morgan fingerprint density at radius 3 is 2.62 bits per heavy atom. The van der Waals surface area contributed by atoms with Gasteiger partial charge in [0.1, 0.15) is 9.84 Å². The zero-order valence-electron chi connectivity index (χ0n) is 9.47. The molecule has 0 aliphatic carbocycles. The molecule has 0 aromatic rings. The van der Waals surface area contributed by atoms with Gasteiger partial charge in [-0.05, 0) is 12.8 Å². The highest BCUT2D eigenvalue weighted by atomic mass is 32.2. The van der Waals surface area contributed by atoms with Crippen molar-refractivity contribution in [3.8, 4) is 0 Å². The van der Waals surface area contributed by atoms with E-state index in [1.807, 2.05) is 0 Å². The van der Waals surface area contributed by atoms with Gasteiger partial charge in [0.25, 0.3) is 0 Å². The van der Waals surface area contributed by atoms with Gasteiger partial charge in [-0.3, -0.25) is 4.90 Å². The molecule has 2 aliphatic rings. The lowest BCUT2D eigenvalue weighted by Crippen LogP contribution is -2.51. The Morgan fingerprint density at radius 1 is 1.31 bits per heavy atom. The molecule has 0 bridgehead atoms. The summed E-state index contributed by atoms with van der Waals surface area (Å²) >= 11 is 0. The van der Waals surface area contributed by atoms with Crippen LogP contribution in [0.15, 0.2) is 0 Å². The van der Waals surface area contributed by atoms with Crippen molar-refractivity contribution in [2.45, 2.75) is 25.0 Å². The third kappa shape index (κ3) is 2.94. The lowest BCUT2D eigenvalue weighted by molar-refractivity contribution is -0.0396. The van der Waals surface area contributed by atoms with Crippen LogP contribution in [0.3, 0.4) is 0 Å². The second-order valence-corrected chi connectivity index (χ2v) is 6.91. The van der Waals surface area contributed by atoms with E-state index in [-0.39, 0.29) is 6.10 Å². The van der Waals surface area contributed by atoms with Gasteiger partial charge in [-0.25, -0.2) is 8.42 Å². The largest absolute Gasteiger partial charge is 0.374 e. The van der Waals surface area contributed by atoms with Crippen LogP contribution in [-0.2, 0) is 14.6 Å². The van der Waals surface area contributed by atoms with Crippen LogP contribution in [-0.4, -0.2) is 63.2 Å². The lowest BCUT2D eigenvalue weighted by atomic mass is 10.1. The van der Waals surface area contributed by atoms with Crippen LogP contribution in [0.4, 0.5) is 0 Å². The van der Waals surface area contributed by atoms with E-state index in [4.69, 9.17) is 10.5 Å². The van der Waals surface area contributed by atoms with Gasteiger partial charge in [-0.15, -0.1) is 0 Å². The third-order valence-corrected chi connectivity index (χ3v) is 5.19. The number of nitrogens with two attached hydrogens (primary N) is 1. The number of sulfone groups is 1. The van der Waals surface area contributed by atoms with E-state index < -0.39 is 9.84 Å². The Kier molecular flexibility index (Phi) is 3.84. The molecule has 2 N–H and O–H groups in total. The fraction of sp³-hybridized carbons (Fsp3) is 1.00. The minimum atomic E-state index is -2.76. The molecule has 6 heteroatoms. The minimum absolute atomic E-state index is 0.118. The summed E-state index contributed by atoms with van der Waals surface area (Å²) < 4.78 is 28.2. The summed E-state index contributed by atoms with van der Waals surface area (Å²) in [6, 6.07) is 0.404. The molecule has 2 rings (SSSR count). The van der Waals surface area contributed by atoms with E-state index >= 15 is 0 Å². The molecule has 5 nitrogen and oxygen atoms in total. The summed E-state index contributed by atoms with van der Waals surface area (Å²) in [6.07, 6.45) is 1.64. The number of rotatable bonds is 2. The van der Waals surface area contributed by atoms with Gasteiger partial charge in [0.05, 0.1) is 24.2 Å². The molecular formula is C10H20N2O3S. The van der Waals surface area contributed by atoms with Gasteiger partial charge < -0.3 is 10.5 Å². The Balaban J connectivity index is 1.88. The summed E-state index contributed by atoms with van der Waals surface area (Å²) in [5.41, 5.74) is 5.59. The minimum Gasteiger partial charge on any atom is -0.374 e. The van der Waals surface area contributed by atoms with Gasteiger partial charge in [-0.1, -0.05) is 0 Å². The van der Waals surface area contributed by atoms with E-state index in [1.165, 1.54) is 0 Å². The van der Waals surface area contributed by atoms with E-state index in [0.29, 0.717) is 30.7 Å². The summed E-state index contributed by atoms with van der Waals surface area (Å²) in [5.74, 6) is 0.671. The number of ether oxygens (including phenoxy) is 1. The molecule has 1 atom stereocenters. The molecule has 0 amide bonds. The second kappa shape index (κ2) is 5.00. The Bertz CT molecular complexity index is 317. The fourth-order valence-corrected chi connectivity index (χ4v) is 3.93. The van der Waals surface area contributed by atoms with Gasteiger partial charge >= 0.3 is 0 Å². The van der Waals surface area contributed by atoms with Crippen molar-refractivity contribution in [2.24, 2.45) is 5.73 Å². The van der Waals surface area contributed by atoms with Crippen LogP contribution in [0.2, 0.25) is 0 Å². The van der Waals surface area contributed by atoms with Crippen molar-refractivity contribution in [1.29, 1.82) is 0 Å². The monoisotopic (exact) mass is 248 g/mol. The number of hydrogen-bond donors (Lipinski definition) is 1. The zero-order chi connectivity index (χ0) is 11.6. The predicted molar refractivity (Wildman–Crippen MR) is 62.0 cm³/mol. The molecule has 2 saturated heterocycles. The van der Waals surface area contributed by atoms with Gasteiger partial charge in [0, 0.05) is 25.7 Å². The van der Waals surface area contributed by atoms with Crippen LogP contribution >= 0.6 is 0 Å². The molecule has 0 radical (unpaired) electrons. The first kappa shape index (κ1) is 12.3. The first-order chi connectivity index (χ1) is 7.61. The molecular weight excluding hydrogens is 228 g/mol. The molecule has 1 unspecified atom stereocenters. The van der Waals surface area contributed by atoms with Crippen molar-refractivity contribution in [1.82, 2.24) is 4.90 Å². The van der Waals surface area contributed by atoms with Crippen molar-refractivity contribution >= 4 is 9.84 Å². The molecule has 94 valence electrons. The summed E-state index contributed by atoms with van der Waals surface area (Å²) in [6.45, 7) is 3.01. The van der Waals surface area contributed by atoms with Crippen LogP contribution in [0.5, 0.6) is 0 Å². The molecule has 2 aliphatic heterocycles. The highest BCUT2D eigenvalue weighted by molar-refractivity contribution is 7.91. The highest BCUT2D eigenvalue weighted by Crippen LogP contribution is 2.20. The first-order valence-electron chi connectivity index (χ1n) is 5.87. The van der Waals surface area contributed by atoms with Gasteiger partial charge in [-0.2, -0.15) is 0 Å². The van der Waals surface area contributed by atoms with Gasteiger partial charge in [0.15, 0.2) is 0 Å². The Hall–Kier alpha value is -0.170. The predicted octanol–water partition coefficient (Wildman–Crippen LogP) is -0.777. The average Bonchev–Trinajstić information content (AvgIpc) is 2.29. The normalized spacial score (nSPS) is 32.7. The maximum Gasteiger partial charge on any atom is 0.150 e. The smallest absolute Gasteiger partial charge is 0.150 e. The van der Waals surface area contributed by atoms with Crippen LogP contribution in [0.1, 0.15) is 12.8 Å². The molecule has 16 heavy (non-hydrogen) atoms. The Labute approximate surface area is 96.9 Å². The lowest BCUT2D eigenvalue weighted by Gasteiger charge is -2.39.